The number of nitrogens with zero attached hydrogens (tertiary/aromatic N) is 2. The van der Waals surface area contributed by atoms with E-state index in [1.807, 2.05) is 32.0 Å². The van der Waals surface area contributed by atoms with Crippen molar-refractivity contribution in [2.45, 2.75) is 26.9 Å². The SMILES string of the molecule is CC.CN.Fc1cccc(COc2ccc(Nc3ncnc4cc5c(cc34)NCCCO5)cc2Cl)c1. The second kappa shape index (κ2) is 13.5. The van der Waals surface area contributed by atoms with E-state index in [0.29, 0.717) is 23.2 Å². The maximum atomic E-state index is 13.3. The molecule has 0 amide bonds. The van der Waals surface area contributed by atoms with Crippen molar-refractivity contribution >= 4 is 39.7 Å². The van der Waals surface area contributed by atoms with Crippen LogP contribution in [0.4, 0.5) is 21.6 Å². The standard InChI is InChI=1S/C24H20ClFN4O2.C2H6.CH5N/c25-19-10-17(5-6-22(19)32-13-15-3-1-4-16(26)9-15)30-24-18-11-21-23(31-8-2-7-27-21)12-20(18)28-14-29-24;2*1-2/h1,3-6,9-12,14,27H,2,7-8,13H2,(H,28,29,30);1-2H3;2H2,1H3. The number of halogens is 2. The Kier molecular flexibility index (Phi) is 10.1. The average Bonchev–Trinajstić information content (AvgIpc) is 3.15. The molecule has 0 radical (unpaired) electrons. The molecule has 0 fully saturated rings. The second-order valence-electron chi connectivity index (χ2n) is 7.41. The molecule has 1 aromatic heterocycles. The van der Waals surface area contributed by atoms with Gasteiger partial charge in [0.2, 0.25) is 0 Å². The lowest BCUT2D eigenvalue weighted by Gasteiger charge is -2.13. The predicted octanol–water partition coefficient (Wildman–Crippen LogP) is 6.54. The Balaban J connectivity index is 0.000000861. The third kappa shape index (κ3) is 6.74. The van der Waals surface area contributed by atoms with Crippen molar-refractivity contribution in [2.75, 3.05) is 30.8 Å². The first-order valence-corrected chi connectivity index (χ1v) is 12.2. The van der Waals surface area contributed by atoms with Crippen LogP contribution in [0.15, 0.2) is 60.9 Å². The van der Waals surface area contributed by atoms with E-state index in [2.05, 4.69) is 26.3 Å². The molecule has 3 aromatic carbocycles. The Morgan fingerprint density at radius 3 is 2.72 bits per heavy atom. The summed E-state index contributed by atoms with van der Waals surface area (Å²) in [6.07, 6.45) is 2.45. The molecule has 2 heterocycles. The Labute approximate surface area is 215 Å². The van der Waals surface area contributed by atoms with E-state index in [-0.39, 0.29) is 12.4 Å². The Hall–Kier alpha value is -3.62. The lowest BCUT2D eigenvalue weighted by molar-refractivity contribution is 0.306. The van der Waals surface area contributed by atoms with Crippen molar-refractivity contribution in [3.05, 3.63) is 77.3 Å². The van der Waals surface area contributed by atoms with E-state index in [0.717, 1.165) is 46.6 Å². The van der Waals surface area contributed by atoms with Crippen LogP contribution in [0.3, 0.4) is 0 Å². The van der Waals surface area contributed by atoms with Crippen molar-refractivity contribution in [3.8, 4) is 11.5 Å². The van der Waals surface area contributed by atoms with Gasteiger partial charge in [0.1, 0.15) is 36.1 Å². The normalized spacial score (nSPS) is 11.8. The highest BCUT2D eigenvalue weighted by Gasteiger charge is 2.14. The van der Waals surface area contributed by atoms with Gasteiger partial charge in [-0.25, -0.2) is 14.4 Å². The summed E-state index contributed by atoms with van der Waals surface area (Å²) in [5, 5.41) is 8.00. The minimum Gasteiger partial charge on any atom is -0.491 e. The summed E-state index contributed by atoms with van der Waals surface area (Å²) in [5.41, 5.74) is 7.69. The number of nitrogens with one attached hydrogen (secondary N) is 2. The van der Waals surface area contributed by atoms with Crippen LogP contribution in [-0.4, -0.2) is 30.2 Å². The fraction of sp³-hybridized carbons (Fsp3) is 0.259. The number of rotatable bonds is 5. The van der Waals surface area contributed by atoms with Crippen molar-refractivity contribution in [2.24, 2.45) is 5.73 Å². The number of anilines is 3. The van der Waals surface area contributed by atoms with Gasteiger partial charge in [-0.05, 0) is 55.4 Å². The molecular weight excluding hydrogens is 481 g/mol. The van der Waals surface area contributed by atoms with Gasteiger partial charge in [-0.3, -0.25) is 0 Å². The van der Waals surface area contributed by atoms with Gasteiger partial charge in [-0.15, -0.1) is 0 Å². The van der Waals surface area contributed by atoms with Crippen LogP contribution in [0, 0.1) is 5.82 Å². The quantitative estimate of drug-likeness (QED) is 0.280. The topological polar surface area (TPSA) is 94.3 Å². The van der Waals surface area contributed by atoms with E-state index in [9.17, 15) is 4.39 Å². The Morgan fingerprint density at radius 2 is 1.94 bits per heavy atom. The van der Waals surface area contributed by atoms with Crippen molar-refractivity contribution in [1.29, 1.82) is 0 Å². The number of ether oxygens (including phenoxy) is 2. The molecule has 1 aliphatic rings. The molecule has 1 aliphatic heterocycles. The number of aromatic nitrogens is 2. The largest absolute Gasteiger partial charge is 0.491 e. The highest BCUT2D eigenvalue weighted by Crippen LogP contribution is 2.35. The number of hydrogen-bond acceptors (Lipinski definition) is 7. The minimum atomic E-state index is -0.299. The third-order valence-corrected chi connectivity index (χ3v) is 5.40. The van der Waals surface area contributed by atoms with Gasteiger partial charge in [0.15, 0.2) is 0 Å². The van der Waals surface area contributed by atoms with Gasteiger partial charge < -0.3 is 25.8 Å². The molecule has 5 rings (SSSR count). The van der Waals surface area contributed by atoms with Crippen molar-refractivity contribution in [1.82, 2.24) is 9.97 Å². The summed E-state index contributed by atoms with van der Waals surface area (Å²) < 4.78 is 24.9. The summed E-state index contributed by atoms with van der Waals surface area (Å²) >= 11 is 6.43. The van der Waals surface area contributed by atoms with Gasteiger partial charge in [-0.1, -0.05) is 37.6 Å². The zero-order valence-electron chi connectivity index (χ0n) is 20.6. The molecule has 0 saturated carbocycles. The van der Waals surface area contributed by atoms with Crippen LogP contribution in [0.2, 0.25) is 5.02 Å². The fourth-order valence-electron chi connectivity index (χ4n) is 3.54. The van der Waals surface area contributed by atoms with Gasteiger partial charge in [0.05, 0.1) is 22.8 Å². The first-order chi connectivity index (χ1) is 17.7. The van der Waals surface area contributed by atoms with Crippen molar-refractivity contribution in [3.63, 3.8) is 0 Å². The average molecular weight is 512 g/mol. The molecule has 4 aromatic rings. The highest BCUT2D eigenvalue weighted by atomic mass is 35.5. The van der Waals surface area contributed by atoms with E-state index >= 15 is 0 Å². The smallest absolute Gasteiger partial charge is 0.144 e. The van der Waals surface area contributed by atoms with E-state index < -0.39 is 0 Å². The molecule has 0 saturated heterocycles. The third-order valence-electron chi connectivity index (χ3n) is 5.11. The molecule has 0 aliphatic carbocycles. The monoisotopic (exact) mass is 511 g/mol. The number of nitrogens with two attached hydrogens (primary N) is 1. The van der Waals surface area contributed by atoms with Gasteiger partial charge >= 0.3 is 0 Å². The molecular formula is C27H31ClFN5O2. The molecule has 0 bridgehead atoms. The van der Waals surface area contributed by atoms with Crippen LogP contribution in [0.5, 0.6) is 11.5 Å². The number of hydrogen-bond donors (Lipinski definition) is 3. The van der Waals surface area contributed by atoms with Crippen LogP contribution in [0.25, 0.3) is 10.9 Å². The molecule has 0 unspecified atom stereocenters. The summed E-state index contributed by atoms with van der Waals surface area (Å²) in [4.78, 5) is 8.79. The van der Waals surface area contributed by atoms with Gasteiger partial charge in [0.25, 0.3) is 0 Å². The zero-order chi connectivity index (χ0) is 25.9. The van der Waals surface area contributed by atoms with E-state index in [4.69, 9.17) is 21.1 Å². The first-order valence-electron chi connectivity index (χ1n) is 11.8. The second-order valence-corrected chi connectivity index (χ2v) is 7.81. The van der Waals surface area contributed by atoms with Gasteiger partial charge in [0, 0.05) is 23.7 Å². The number of fused-ring (bicyclic) bond motifs is 2. The summed E-state index contributed by atoms with van der Waals surface area (Å²) in [7, 11) is 1.50. The molecule has 190 valence electrons. The zero-order valence-corrected chi connectivity index (χ0v) is 21.4. The molecule has 9 heteroatoms. The maximum Gasteiger partial charge on any atom is 0.144 e. The first kappa shape index (κ1) is 27.0. The molecule has 36 heavy (non-hydrogen) atoms. The van der Waals surface area contributed by atoms with Gasteiger partial charge in [-0.2, -0.15) is 0 Å². The van der Waals surface area contributed by atoms with Crippen LogP contribution >= 0.6 is 11.6 Å². The summed E-state index contributed by atoms with van der Waals surface area (Å²) in [6.45, 7) is 5.75. The maximum absolute atomic E-state index is 13.3. The lowest BCUT2D eigenvalue weighted by Crippen LogP contribution is -2.01. The van der Waals surface area contributed by atoms with Crippen molar-refractivity contribution < 1.29 is 13.9 Å². The Bertz CT molecular complexity index is 1290. The van der Waals surface area contributed by atoms with Crippen LogP contribution in [0.1, 0.15) is 25.8 Å². The number of benzene rings is 3. The summed E-state index contributed by atoms with van der Waals surface area (Å²) in [5.74, 6) is 1.67. The molecule has 7 nitrogen and oxygen atoms in total. The van der Waals surface area contributed by atoms with E-state index in [1.54, 1.807) is 24.3 Å². The predicted molar refractivity (Wildman–Crippen MR) is 145 cm³/mol. The fourth-order valence-corrected chi connectivity index (χ4v) is 3.77. The molecule has 0 atom stereocenters. The molecule has 4 N–H and O–H groups in total. The Morgan fingerprint density at radius 1 is 1.11 bits per heavy atom. The lowest BCUT2D eigenvalue weighted by atomic mass is 10.2. The van der Waals surface area contributed by atoms with E-state index in [1.165, 1.54) is 25.5 Å². The summed E-state index contributed by atoms with van der Waals surface area (Å²) in [6, 6.07) is 15.6. The van der Waals surface area contributed by atoms with Crippen LogP contribution < -0.4 is 25.8 Å². The molecule has 0 spiro atoms. The minimum absolute atomic E-state index is 0.223. The van der Waals surface area contributed by atoms with Crippen LogP contribution in [-0.2, 0) is 6.61 Å². The highest BCUT2D eigenvalue weighted by molar-refractivity contribution is 6.32.